The standard InChI is InChI=1S/C23H25N.C9H7N/c1-2-4-20-17(3-1)5-9-23-21-8-6-18(16-11-13-24-14-12-16)15-19(21)7-10-22(20)23;1-2-4-9-7-10-6-5-8(9)3-1/h1-5,7,9-10,16,18,24H,6,8,11-15H2;1-7H. The fourth-order valence-electron chi connectivity index (χ4n) is 6.14. The molecule has 1 aliphatic heterocycles. The third-order valence-electron chi connectivity index (χ3n) is 7.98. The minimum absolute atomic E-state index is 0.900. The van der Waals surface area contributed by atoms with Crippen LogP contribution in [0.5, 0.6) is 0 Å². The zero-order chi connectivity index (χ0) is 22.7. The first-order valence-corrected chi connectivity index (χ1v) is 12.8. The topological polar surface area (TPSA) is 24.9 Å². The first kappa shape index (κ1) is 21.3. The molecule has 1 fully saturated rings. The van der Waals surface area contributed by atoms with E-state index in [4.69, 9.17) is 0 Å². The molecule has 1 N–H and O–H groups in total. The molecular weight excluding hydrogens is 412 g/mol. The van der Waals surface area contributed by atoms with Crippen molar-refractivity contribution in [3.8, 4) is 0 Å². The van der Waals surface area contributed by atoms with Gasteiger partial charge in [-0.2, -0.15) is 0 Å². The Labute approximate surface area is 202 Å². The molecule has 1 saturated heterocycles. The van der Waals surface area contributed by atoms with Crippen LogP contribution in [0.1, 0.15) is 30.4 Å². The van der Waals surface area contributed by atoms with Crippen LogP contribution in [0, 0.1) is 11.8 Å². The Balaban J connectivity index is 0.000000182. The number of aromatic nitrogens is 1. The zero-order valence-corrected chi connectivity index (χ0v) is 19.7. The van der Waals surface area contributed by atoms with E-state index in [0.29, 0.717) is 0 Å². The van der Waals surface area contributed by atoms with Crippen LogP contribution in [0.25, 0.3) is 32.3 Å². The van der Waals surface area contributed by atoms with Crippen LogP contribution in [0.3, 0.4) is 0 Å². The van der Waals surface area contributed by atoms with Crippen molar-refractivity contribution >= 4 is 32.3 Å². The number of hydrogen-bond donors (Lipinski definition) is 1. The maximum Gasteiger partial charge on any atom is 0.0346 e. The Hall–Kier alpha value is -3.23. The highest BCUT2D eigenvalue weighted by Crippen LogP contribution is 2.38. The molecule has 1 aliphatic carbocycles. The fraction of sp³-hybridized carbons (Fsp3) is 0.281. The largest absolute Gasteiger partial charge is 0.317 e. The van der Waals surface area contributed by atoms with E-state index >= 15 is 0 Å². The van der Waals surface area contributed by atoms with E-state index in [0.717, 1.165) is 11.8 Å². The van der Waals surface area contributed by atoms with Crippen molar-refractivity contribution in [1.29, 1.82) is 0 Å². The van der Waals surface area contributed by atoms with Gasteiger partial charge in [0.1, 0.15) is 0 Å². The van der Waals surface area contributed by atoms with Crippen LogP contribution in [-0.4, -0.2) is 18.1 Å². The number of piperidine rings is 1. The fourth-order valence-corrected chi connectivity index (χ4v) is 6.14. The predicted molar refractivity (Wildman–Crippen MR) is 144 cm³/mol. The molecule has 2 nitrogen and oxygen atoms in total. The lowest BCUT2D eigenvalue weighted by molar-refractivity contribution is 0.238. The summed E-state index contributed by atoms with van der Waals surface area (Å²) in [5.41, 5.74) is 3.25. The monoisotopic (exact) mass is 444 g/mol. The summed E-state index contributed by atoms with van der Waals surface area (Å²) in [7, 11) is 0. The predicted octanol–water partition coefficient (Wildman–Crippen LogP) is 7.33. The van der Waals surface area contributed by atoms with Gasteiger partial charge in [0, 0.05) is 12.4 Å². The maximum atomic E-state index is 4.01. The first-order chi connectivity index (χ1) is 16.9. The van der Waals surface area contributed by atoms with Crippen LogP contribution >= 0.6 is 0 Å². The molecule has 170 valence electrons. The molecule has 0 amide bonds. The summed E-state index contributed by atoms with van der Waals surface area (Å²) in [5.74, 6) is 1.84. The van der Waals surface area contributed by atoms with Crippen LogP contribution in [0.2, 0.25) is 0 Å². The van der Waals surface area contributed by atoms with Crippen molar-refractivity contribution in [1.82, 2.24) is 10.3 Å². The third kappa shape index (κ3) is 4.19. The zero-order valence-electron chi connectivity index (χ0n) is 19.7. The molecule has 34 heavy (non-hydrogen) atoms. The lowest BCUT2D eigenvalue weighted by Crippen LogP contribution is -2.33. The number of rotatable bonds is 1. The van der Waals surface area contributed by atoms with Crippen molar-refractivity contribution in [2.75, 3.05) is 13.1 Å². The molecule has 0 saturated carbocycles. The van der Waals surface area contributed by atoms with Gasteiger partial charge in [0.2, 0.25) is 0 Å². The van der Waals surface area contributed by atoms with Crippen molar-refractivity contribution in [2.45, 2.75) is 32.1 Å². The number of benzene rings is 4. The Bertz CT molecular complexity index is 1370. The summed E-state index contributed by atoms with van der Waals surface area (Å²) in [5, 5.41) is 11.6. The smallest absolute Gasteiger partial charge is 0.0346 e. The van der Waals surface area contributed by atoms with Crippen molar-refractivity contribution in [3.63, 3.8) is 0 Å². The molecule has 0 bridgehead atoms. The Kier molecular flexibility index (Phi) is 5.99. The van der Waals surface area contributed by atoms with E-state index in [2.05, 4.69) is 71.0 Å². The molecule has 0 spiro atoms. The minimum Gasteiger partial charge on any atom is -0.317 e. The minimum atomic E-state index is 0.900. The van der Waals surface area contributed by atoms with Crippen LogP contribution in [0.15, 0.2) is 91.3 Å². The van der Waals surface area contributed by atoms with Gasteiger partial charge in [-0.05, 0) is 107 Å². The Morgan fingerprint density at radius 2 is 1.38 bits per heavy atom. The molecule has 7 rings (SSSR count). The Morgan fingerprint density at radius 1 is 0.618 bits per heavy atom. The maximum absolute atomic E-state index is 4.01. The van der Waals surface area contributed by atoms with Gasteiger partial charge in [0.25, 0.3) is 0 Å². The van der Waals surface area contributed by atoms with Gasteiger partial charge < -0.3 is 5.32 Å². The van der Waals surface area contributed by atoms with Crippen LogP contribution in [-0.2, 0) is 12.8 Å². The number of fused-ring (bicyclic) bond motifs is 6. The van der Waals surface area contributed by atoms with E-state index in [-0.39, 0.29) is 0 Å². The van der Waals surface area contributed by atoms with E-state index in [9.17, 15) is 0 Å². The molecule has 2 heterocycles. The van der Waals surface area contributed by atoms with Gasteiger partial charge in [-0.3, -0.25) is 4.98 Å². The van der Waals surface area contributed by atoms with E-state index in [1.807, 2.05) is 30.6 Å². The van der Waals surface area contributed by atoms with E-state index in [1.165, 1.54) is 77.5 Å². The lowest BCUT2D eigenvalue weighted by atomic mass is 9.73. The average molecular weight is 445 g/mol. The van der Waals surface area contributed by atoms with Crippen LogP contribution < -0.4 is 5.32 Å². The highest BCUT2D eigenvalue weighted by molar-refractivity contribution is 6.08. The van der Waals surface area contributed by atoms with Crippen molar-refractivity contribution in [3.05, 3.63) is 102 Å². The number of aryl methyl sites for hydroxylation is 1. The number of pyridine rings is 1. The first-order valence-electron chi connectivity index (χ1n) is 12.8. The Morgan fingerprint density at radius 3 is 2.24 bits per heavy atom. The molecule has 1 atom stereocenters. The molecule has 1 aromatic heterocycles. The van der Waals surface area contributed by atoms with Gasteiger partial charge in [-0.25, -0.2) is 0 Å². The average Bonchev–Trinajstić information content (AvgIpc) is 2.93. The second-order valence-electron chi connectivity index (χ2n) is 9.90. The summed E-state index contributed by atoms with van der Waals surface area (Å²) in [6, 6.07) is 28.5. The molecule has 0 radical (unpaired) electrons. The molecule has 4 aromatic carbocycles. The number of nitrogens with zero attached hydrogens (tertiary/aromatic N) is 1. The highest BCUT2D eigenvalue weighted by atomic mass is 14.9. The van der Waals surface area contributed by atoms with Crippen molar-refractivity contribution < 1.29 is 0 Å². The summed E-state index contributed by atoms with van der Waals surface area (Å²) in [6.45, 7) is 2.44. The summed E-state index contributed by atoms with van der Waals surface area (Å²) in [4.78, 5) is 4.01. The number of hydrogen-bond acceptors (Lipinski definition) is 2. The van der Waals surface area contributed by atoms with Gasteiger partial charge in [0.05, 0.1) is 0 Å². The van der Waals surface area contributed by atoms with Gasteiger partial charge >= 0.3 is 0 Å². The normalized spacial score (nSPS) is 18.4. The summed E-state index contributed by atoms with van der Waals surface area (Å²) < 4.78 is 0. The van der Waals surface area contributed by atoms with Gasteiger partial charge in [-0.15, -0.1) is 0 Å². The van der Waals surface area contributed by atoms with Crippen molar-refractivity contribution in [2.24, 2.45) is 11.8 Å². The SMILES string of the molecule is c1ccc2c(c1)ccc1c3c(ccc12)CC(C1CCNCC1)CC3.c1ccc2cnccc2c1. The van der Waals surface area contributed by atoms with Gasteiger partial charge in [-0.1, -0.05) is 72.8 Å². The molecule has 1 unspecified atom stereocenters. The van der Waals surface area contributed by atoms with E-state index < -0.39 is 0 Å². The van der Waals surface area contributed by atoms with E-state index in [1.54, 1.807) is 11.1 Å². The summed E-state index contributed by atoms with van der Waals surface area (Å²) in [6.07, 6.45) is 10.4. The third-order valence-corrected chi connectivity index (χ3v) is 7.98. The second kappa shape index (κ2) is 9.56. The molecule has 2 aliphatic rings. The number of nitrogens with one attached hydrogen (secondary N) is 1. The second-order valence-corrected chi connectivity index (χ2v) is 9.90. The quantitative estimate of drug-likeness (QED) is 0.274. The summed E-state index contributed by atoms with van der Waals surface area (Å²) >= 11 is 0. The molecule has 2 heteroatoms. The highest BCUT2D eigenvalue weighted by Gasteiger charge is 2.28. The van der Waals surface area contributed by atoms with Crippen LogP contribution in [0.4, 0.5) is 0 Å². The van der Waals surface area contributed by atoms with Gasteiger partial charge in [0.15, 0.2) is 0 Å². The molecule has 5 aromatic rings. The molecular formula is C32H32N2. The lowest BCUT2D eigenvalue weighted by Gasteiger charge is -2.34.